The second kappa shape index (κ2) is 5.85. The lowest BCUT2D eigenvalue weighted by Crippen LogP contribution is -2.31. The van der Waals surface area contributed by atoms with Crippen LogP contribution < -0.4 is 5.73 Å². The minimum absolute atomic E-state index is 0.0958. The Kier molecular flexibility index (Phi) is 5.06. The van der Waals surface area contributed by atoms with E-state index in [1.54, 1.807) is 6.92 Å². The molecule has 1 fully saturated rings. The normalized spacial score (nSPS) is 22.3. The van der Waals surface area contributed by atoms with Crippen molar-refractivity contribution in [2.24, 2.45) is 5.73 Å². The molecule has 1 saturated carbocycles. The van der Waals surface area contributed by atoms with Gasteiger partial charge in [0.05, 0.1) is 10.5 Å². The van der Waals surface area contributed by atoms with Crippen molar-refractivity contribution in [3.63, 3.8) is 0 Å². The van der Waals surface area contributed by atoms with Crippen LogP contribution in [0.4, 0.5) is 0 Å². The fraction of sp³-hybridized carbons (Fsp3) is 1.00. The van der Waals surface area contributed by atoms with Crippen molar-refractivity contribution in [2.75, 3.05) is 6.54 Å². The van der Waals surface area contributed by atoms with Crippen LogP contribution in [0.5, 0.6) is 0 Å². The molecule has 0 aromatic rings. The highest BCUT2D eigenvalue weighted by Crippen LogP contribution is 2.26. The second-order valence-corrected chi connectivity index (χ2v) is 7.24. The minimum Gasteiger partial charge on any atom is -0.330 e. The number of hydrogen-bond acceptors (Lipinski definition) is 3. The highest BCUT2D eigenvalue weighted by atomic mass is 32.2. The molecule has 0 aliphatic heterocycles. The summed E-state index contributed by atoms with van der Waals surface area (Å²) in [6.45, 7) is 2.26. The van der Waals surface area contributed by atoms with Crippen molar-refractivity contribution in [1.82, 2.24) is 0 Å². The minimum atomic E-state index is -2.93. The molecule has 0 aromatic carbocycles. The summed E-state index contributed by atoms with van der Waals surface area (Å²) >= 11 is 0. The van der Waals surface area contributed by atoms with Gasteiger partial charge in [0.25, 0.3) is 0 Å². The Balaban J connectivity index is 2.66. The summed E-state index contributed by atoms with van der Waals surface area (Å²) in [5, 5.41) is -0.354. The monoisotopic (exact) mass is 233 g/mol. The van der Waals surface area contributed by atoms with E-state index in [1.165, 1.54) is 12.8 Å². The van der Waals surface area contributed by atoms with Crippen molar-refractivity contribution in [3.8, 4) is 0 Å². The molecule has 0 heterocycles. The number of nitrogens with two attached hydrogens (primary N) is 1. The maximum Gasteiger partial charge on any atom is 0.155 e. The van der Waals surface area contributed by atoms with Crippen molar-refractivity contribution in [1.29, 1.82) is 0 Å². The smallest absolute Gasteiger partial charge is 0.155 e. The van der Waals surface area contributed by atoms with Gasteiger partial charge in [-0.3, -0.25) is 0 Å². The Hall–Kier alpha value is -0.0900. The fourth-order valence-electron chi connectivity index (χ4n) is 2.30. The second-order valence-electron chi connectivity index (χ2n) is 4.59. The Morgan fingerprint density at radius 1 is 1.20 bits per heavy atom. The van der Waals surface area contributed by atoms with E-state index in [2.05, 4.69) is 0 Å². The van der Waals surface area contributed by atoms with Crippen LogP contribution >= 0.6 is 0 Å². The molecular weight excluding hydrogens is 210 g/mol. The first-order chi connectivity index (χ1) is 7.09. The highest BCUT2D eigenvalue weighted by molar-refractivity contribution is 7.92. The molecule has 0 radical (unpaired) electrons. The van der Waals surface area contributed by atoms with E-state index in [4.69, 9.17) is 5.73 Å². The molecule has 0 saturated heterocycles. The molecular formula is C11H23NO2S. The zero-order chi connectivity index (χ0) is 11.3. The Labute approximate surface area is 93.3 Å². The van der Waals surface area contributed by atoms with Gasteiger partial charge in [0.1, 0.15) is 0 Å². The first-order valence-corrected chi connectivity index (χ1v) is 7.62. The van der Waals surface area contributed by atoms with Crippen LogP contribution in [-0.4, -0.2) is 25.5 Å². The average molecular weight is 233 g/mol. The fourth-order valence-corrected chi connectivity index (χ4v) is 4.41. The highest BCUT2D eigenvalue weighted by Gasteiger charge is 2.30. The summed E-state index contributed by atoms with van der Waals surface area (Å²) in [6.07, 6.45) is 6.83. The molecule has 4 heteroatoms. The quantitative estimate of drug-likeness (QED) is 0.754. The van der Waals surface area contributed by atoms with Gasteiger partial charge in [-0.1, -0.05) is 25.7 Å². The zero-order valence-corrected chi connectivity index (χ0v) is 10.4. The molecule has 1 atom stereocenters. The van der Waals surface area contributed by atoms with Gasteiger partial charge >= 0.3 is 0 Å². The van der Waals surface area contributed by atoms with Crippen LogP contribution in [0.1, 0.15) is 51.9 Å². The van der Waals surface area contributed by atoms with E-state index in [0.29, 0.717) is 13.0 Å². The number of hydrogen-bond donors (Lipinski definition) is 1. The van der Waals surface area contributed by atoms with E-state index in [9.17, 15) is 8.42 Å². The van der Waals surface area contributed by atoms with Gasteiger partial charge < -0.3 is 5.73 Å². The molecule has 1 aliphatic carbocycles. The third kappa shape index (κ3) is 3.45. The van der Waals surface area contributed by atoms with Gasteiger partial charge in [-0.15, -0.1) is 0 Å². The Morgan fingerprint density at radius 3 is 2.20 bits per heavy atom. The Morgan fingerprint density at radius 2 is 1.73 bits per heavy atom. The van der Waals surface area contributed by atoms with Crippen LogP contribution in [0.2, 0.25) is 0 Å². The predicted molar refractivity (Wildman–Crippen MR) is 63.5 cm³/mol. The Bertz CT molecular complexity index is 266. The average Bonchev–Trinajstić information content (AvgIpc) is 2.46. The van der Waals surface area contributed by atoms with E-state index in [1.807, 2.05) is 0 Å². The lowest BCUT2D eigenvalue weighted by molar-refractivity contribution is 0.546. The van der Waals surface area contributed by atoms with Gasteiger partial charge in [0.2, 0.25) is 0 Å². The number of sulfone groups is 1. The third-order valence-corrected chi connectivity index (χ3v) is 6.16. The van der Waals surface area contributed by atoms with Crippen molar-refractivity contribution in [3.05, 3.63) is 0 Å². The molecule has 1 aliphatic rings. The number of rotatable bonds is 4. The lowest BCUT2D eigenvalue weighted by atomic mass is 10.2. The van der Waals surface area contributed by atoms with E-state index < -0.39 is 9.84 Å². The van der Waals surface area contributed by atoms with Gasteiger partial charge in [-0.25, -0.2) is 8.42 Å². The van der Waals surface area contributed by atoms with Crippen LogP contribution in [0.3, 0.4) is 0 Å². The zero-order valence-electron chi connectivity index (χ0n) is 9.61. The first kappa shape index (κ1) is 13.0. The molecule has 15 heavy (non-hydrogen) atoms. The predicted octanol–water partition coefficient (Wildman–Crippen LogP) is 1.86. The standard InChI is InChI=1S/C11H23NO2S/c1-10(8-9-12)15(13,14)11-6-4-2-3-5-7-11/h10-11H,2-9,12H2,1H3. The molecule has 3 nitrogen and oxygen atoms in total. The molecule has 90 valence electrons. The van der Waals surface area contributed by atoms with Gasteiger partial charge in [-0.2, -0.15) is 0 Å². The van der Waals surface area contributed by atoms with Gasteiger partial charge in [0.15, 0.2) is 9.84 Å². The van der Waals surface area contributed by atoms with Crippen LogP contribution in [0.15, 0.2) is 0 Å². The van der Waals surface area contributed by atoms with Crippen molar-refractivity contribution >= 4 is 9.84 Å². The summed E-state index contributed by atoms with van der Waals surface area (Å²) in [5.74, 6) is 0. The maximum absolute atomic E-state index is 12.2. The summed E-state index contributed by atoms with van der Waals surface area (Å²) in [5.41, 5.74) is 5.42. The van der Waals surface area contributed by atoms with E-state index in [0.717, 1.165) is 25.7 Å². The largest absolute Gasteiger partial charge is 0.330 e. The van der Waals surface area contributed by atoms with Crippen molar-refractivity contribution < 1.29 is 8.42 Å². The maximum atomic E-state index is 12.2. The third-order valence-electron chi connectivity index (χ3n) is 3.40. The first-order valence-electron chi connectivity index (χ1n) is 6.02. The van der Waals surface area contributed by atoms with E-state index >= 15 is 0 Å². The van der Waals surface area contributed by atoms with Crippen LogP contribution in [0, 0.1) is 0 Å². The molecule has 0 aromatic heterocycles. The molecule has 0 amide bonds. The lowest BCUT2D eigenvalue weighted by Gasteiger charge is -2.20. The van der Waals surface area contributed by atoms with Gasteiger partial charge in [-0.05, 0) is 32.7 Å². The molecule has 0 spiro atoms. The van der Waals surface area contributed by atoms with Crippen LogP contribution in [0.25, 0.3) is 0 Å². The van der Waals surface area contributed by atoms with Gasteiger partial charge in [0, 0.05) is 0 Å². The van der Waals surface area contributed by atoms with Crippen molar-refractivity contribution in [2.45, 2.75) is 62.4 Å². The molecule has 2 N–H and O–H groups in total. The molecule has 0 bridgehead atoms. The summed E-state index contributed by atoms with van der Waals surface area (Å²) < 4.78 is 24.3. The van der Waals surface area contributed by atoms with Crippen LogP contribution in [-0.2, 0) is 9.84 Å². The SMILES string of the molecule is CC(CCN)S(=O)(=O)C1CCCCCC1. The summed E-state index contributed by atoms with van der Waals surface area (Å²) in [6, 6.07) is 0. The molecule has 1 rings (SSSR count). The summed E-state index contributed by atoms with van der Waals surface area (Å²) in [7, 11) is -2.93. The summed E-state index contributed by atoms with van der Waals surface area (Å²) in [4.78, 5) is 0. The van der Waals surface area contributed by atoms with E-state index in [-0.39, 0.29) is 10.5 Å². The topological polar surface area (TPSA) is 60.2 Å². The molecule has 1 unspecified atom stereocenters.